The molecule has 3 amide bonds. The van der Waals surface area contributed by atoms with Gasteiger partial charge in [0.25, 0.3) is 0 Å². The summed E-state index contributed by atoms with van der Waals surface area (Å²) in [5.41, 5.74) is 0. The lowest BCUT2D eigenvalue weighted by Gasteiger charge is -2.34. The van der Waals surface area contributed by atoms with E-state index in [4.69, 9.17) is 4.74 Å². The van der Waals surface area contributed by atoms with Gasteiger partial charge in [0.2, 0.25) is 17.7 Å². The monoisotopic (exact) mass is 346 g/mol. The van der Waals surface area contributed by atoms with Crippen LogP contribution in [0.15, 0.2) is 12.2 Å². The lowest BCUT2D eigenvalue weighted by Crippen LogP contribution is -2.54. The second kappa shape index (κ2) is 6.24. The molecule has 4 rings (SSSR count). The third-order valence-corrected chi connectivity index (χ3v) is 6.12. The van der Waals surface area contributed by atoms with Crippen LogP contribution in [0.2, 0.25) is 0 Å². The molecule has 0 spiro atoms. The van der Waals surface area contributed by atoms with Crippen molar-refractivity contribution < 1.29 is 19.1 Å². The number of hydrogen-bond acceptors (Lipinski definition) is 4. The van der Waals surface area contributed by atoms with Gasteiger partial charge in [0.05, 0.1) is 25.0 Å². The Bertz CT molecular complexity index is 593. The highest BCUT2D eigenvalue weighted by molar-refractivity contribution is 6.09. The highest BCUT2D eigenvalue weighted by Crippen LogP contribution is 2.53. The Morgan fingerprint density at radius 1 is 1.12 bits per heavy atom. The van der Waals surface area contributed by atoms with E-state index in [1.165, 1.54) is 4.90 Å². The van der Waals surface area contributed by atoms with Gasteiger partial charge in [0, 0.05) is 13.1 Å². The minimum atomic E-state index is -0.664. The maximum absolute atomic E-state index is 13.1. The lowest BCUT2D eigenvalue weighted by molar-refractivity contribution is -0.154. The van der Waals surface area contributed by atoms with Crippen molar-refractivity contribution in [3.8, 4) is 0 Å². The zero-order valence-electron chi connectivity index (χ0n) is 14.9. The summed E-state index contributed by atoms with van der Waals surface area (Å²) < 4.78 is 5.33. The number of likely N-dealkylation sites (tertiary alicyclic amines) is 1. The molecule has 2 aliphatic carbocycles. The molecule has 3 fully saturated rings. The summed E-state index contributed by atoms with van der Waals surface area (Å²) in [6.07, 6.45) is 5.60. The van der Waals surface area contributed by atoms with E-state index in [1.807, 2.05) is 13.8 Å². The van der Waals surface area contributed by atoms with Gasteiger partial charge in [-0.3, -0.25) is 19.3 Å². The summed E-state index contributed by atoms with van der Waals surface area (Å²) in [4.78, 5) is 42.3. The van der Waals surface area contributed by atoms with Gasteiger partial charge >= 0.3 is 0 Å². The van der Waals surface area contributed by atoms with Gasteiger partial charge < -0.3 is 9.64 Å². The first kappa shape index (κ1) is 16.8. The van der Waals surface area contributed by atoms with Gasteiger partial charge in [-0.05, 0) is 30.6 Å². The first-order valence-electron chi connectivity index (χ1n) is 9.40. The van der Waals surface area contributed by atoms with Gasteiger partial charge in [0.15, 0.2) is 0 Å². The third-order valence-electron chi connectivity index (χ3n) is 6.12. The fourth-order valence-corrected chi connectivity index (χ4v) is 4.99. The highest BCUT2D eigenvalue weighted by atomic mass is 16.5. The summed E-state index contributed by atoms with van der Waals surface area (Å²) in [5, 5.41) is 0. The van der Waals surface area contributed by atoms with Crippen LogP contribution in [-0.2, 0) is 19.1 Å². The van der Waals surface area contributed by atoms with Crippen LogP contribution < -0.4 is 0 Å². The van der Waals surface area contributed by atoms with Crippen LogP contribution in [0.25, 0.3) is 0 Å². The molecule has 0 unspecified atom stereocenters. The molecule has 0 aromatic heterocycles. The average Bonchev–Trinajstić information content (AvgIpc) is 3.27. The van der Waals surface area contributed by atoms with Crippen molar-refractivity contribution >= 4 is 17.7 Å². The fraction of sp³-hybridized carbons (Fsp3) is 0.737. The van der Waals surface area contributed by atoms with Crippen LogP contribution in [-0.4, -0.2) is 59.9 Å². The van der Waals surface area contributed by atoms with Crippen molar-refractivity contribution in [1.82, 2.24) is 9.80 Å². The number of ether oxygens (including phenoxy) is 1. The lowest BCUT2D eigenvalue weighted by atomic mass is 9.85. The van der Waals surface area contributed by atoms with Crippen molar-refractivity contribution in [3.05, 3.63) is 12.2 Å². The summed E-state index contributed by atoms with van der Waals surface area (Å²) in [7, 11) is 0. The molecule has 2 heterocycles. The standard InChI is InChI=1S/C19H26N2O4/c1-11(2)9-14(17(22)20-5-7-25-8-6-20)21-18(23)15-12-3-4-13(10-12)16(15)19(21)24/h3-4,11-16H,5-10H2,1-2H3/t12-,13-,14-,15-,16-/m0/s1. The van der Waals surface area contributed by atoms with E-state index in [9.17, 15) is 14.4 Å². The molecule has 2 bridgehead atoms. The SMILES string of the molecule is CC(C)C[C@@H](C(=O)N1CCOCC1)N1C(=O)[C@@H]2[C@@H](C1=O)[C@H]1C=C[C@H]2C1. The molecule has 0 aromatic carbocycles. The van der Waals surface area contributed by atoms with E-state index < -0.39 is 6.04 Å². The van der Waals surface area contributed by atoms with Gasteiger partial charge in [-0.15, -0.1) is 0 Å². The summed E-state index contributed by atoms with van der Waals surface area (Å²) in [5.74, 6) is -0.253. The zero-order valence-corrected chi connectivity index (χ0v) is 14.9. The molecular formula is C19H26N2O4. The van der Waals surface area contributed by atoms with E-state index in [1.54, 1.807) is 4.90 Å². The molecular weight excluding hydrogens is 320 g/mol. The summed E-state index contributed by atoms with van der Waals surface area (Å²) in [6.45, 7) is 6.14. The fourth-order valence-electron chi connectivity index (χ4n) is 4.99. The van der Waals surface area contributed by atoms with Crippen LogP contribution in [0.4, 0.5) is 0 Å². The van der Waals surface area contributed by atoms with E-state index in [0.29, 0.717) is 32.7 Å². The Labute approximate surface area is 148 Å². The van der Waals surface area contributed by atoms with Crippen molar-refractivity contribution in [2.45, 2.75) is 32.7 Å². The first-order chi connectivity index (χ1) is 12.0. The summed E-state index contributed by atoms with van der Waals surface area (Å²) in [6, 6.07) is -0.664. The Hall–Kier alpha value is -1.69. The largest absolute Gasteiger partial charge is 0.378 e. The first-order valence-corrected chi connectivity index (χ1v) is 9.40. The molecule has 25 heavy (non-hydrogen) atoms. The van der Waals surface area contributed by atoms with Gasteiger partial charge in [-0.1, -0.05) is 26.0 Å². The van der Waals surface area contributed by atoms with E-state index in [0.717, 1.165) is 6.42 Å². The smallest absolute Gasteiger partial charge is 0.246 e. The number of hydrogen-bond donors (Lipinski definition) is 0. The number of imide groups is 1. The molecule has 0 aromatic rings. The van der Waals surface area contributed by atoms with Crippen molar-refractivity contribution in [2.75, 3.05) is 26.3 Å². The predicted molar refractivity (Wildman–Crippen MR) is 90.2 cm³/mol. The Morgan fingerprint density at radius 2 is 1.68 bits per heavy atom. The Balaban J connectivity index is 1.60. The van der Waals surface area contributed by atoms with Gasteiger partial charge in [-0.25, -0.2) is 0 Å². The van der Waals surface area contributed by atoms with Gasteiger partial charge in [-0.2, -0.15) is 0 Å². The molecule has 6 nitrogen and oxygen atoms in total. The number of carbonyl (C=O) groups excluding carboxylic acids is 3. The molecule has 0 radical (unpaired) electrons. The Kier molecular flexibility index (Phi) is 4.18. The molecule has 1 saturated carbocycles. The van der Waals surface area contributed by atoms with Crippen LogP contribution >= 0.6 is 0 Å². The number of morpholine rings is 1. The van der Waals surface area contributed by atoms with Crippen LogP contribution in [0.5, 0.6) is 0 Å². The number of amides is 3. The van der Waals surface area contributed by atoms with Crippen LogP contribution in [0.3, 0.4) is 0 Å². The van der Waals surface area contributed by atoms with Crippen molar-refractivity contribution in [3.63, 3.8) is 0 Å². The molecule has 2 aliphatic heterocycles. The summed E-state index contributed by atoms with van der Waals surface area (Å²) >= 11 is 0. The molecule has 0 N–H and O–H groups in total. The zero-order chi connectivity index (χ0) is 17.7. The number of carbonyl (C=O) groups is 3. The number of rotatable bonds is 4. The van der Waals surface area contributed by atoms with Crippen molar-refractivity contribution in [1.29, 1.82) is 0 Å². The van der Waals surface area contributed by atoms with Gasteiger partial charge in [0.1, 0.15) is 6.04 Å². The second-order valence-electron chi connectivity index (χ2n) is 8.13. The molecule has 136 valence electrons. The Morgan fingerprint density at radius 3 is 2.20 bits per heavy atom. The minimum absolute atomic E-state index is 0.0982. The molecule has 6 heteroatoms. The van der Waals surface area contributed by atoms with E-state index in [2.05, 4.69) is 12.2 Å². The maximum Gasteiger partial charge on any atom is 0.246 e. The number of fused-ring (bicyclic) bond motifs is 5. The van der Waals surface area contributed by atoms with E-state index in [-0.39, 0.29) is 47.3 Å². The second-order valence-corrected chi connectivity index (χ2v) is 8.13. The topological polar surface area (TPSA) is 66.9 Å². The third kappa shape index (κ3) is 2.62. The van der Waals surface area contributed by atoms with E-state index >= 15 is 0 Å². The van der Waals surface area contributed by atoms with Crippen molar-refractivity contribution in [2.24, 2.45) is 29.6 Å². The normalized spacial score (nSPS) is 35.0. The number of nitrogens with zero attached hydrogens (tertiary/aromatic N) is 2. The van der Waals surface area contributed by atoms with Crippen LogP contribution in [0.1, 0.15) is 26.7 Å². The maximum atomic E-state index is 13.1. The highest BCUT2D eigenvalue weighted by Gasteiger charge is 2.61. The average molecular weight is 346 g/mol. The molecule has 5 atom stereocenters. The van der Waals surface area contributed by atoms with Crippen LogP contribution in [0, 0.1) is 29.6 Å². The number of allylic oxidation sites excluding steroid dienone is 2. The molecule has 2 saturated heterocycles. The minimum Gasteiger partial charge on any atom is -0.378 e. The quantitative estimate of drug-likeness (QED) is 0.564. The predicted octanol–water partition coefficient (Wildman–Crippen LogP) is 1.07. The molecule has 4 aliphatic rings.